The number of methoxy groups -OCH3 is 1. The lowest BCUT2D eigenvalue weighted by atomic mass is 10.2. The summed E-state index contributed by atoms with van der Waals surface area (Å²) >= 11 is 1.30. The molecule has 0 spiro atoms. The maximum atomic E-state index is 11.8. The number of esters is 1. The molecule has 0 bridgehead atoms. The topological polar surface area (TPSA) is 84.5 Å². The van der Waals surface area contributed by atoms with Gasteiger partial charge in [-0.25, -0.2) is 4.79 Å². The fraction of sp³-hybridized carbons (Fsp3) is 0.133. The Morgan fingerprint density at radius 1 is 1.18 bits per heavy atom. The molecule has 2 N–H and O–H groups in total. The summed E-state index contributed by atoms with van der Waals surface area (Å²) in [5.41, 5.74) is 0.793. The van der Waals surface area contributed by atoms with E-state index in [1.165, 1.54) is 24.5 Å². The third-order valence-corrected chi connectivity index (χ3v) is 3.59. The van der Waals surface area contributed by atoms with Crippen molar-refractivity contribution in [3.8, 4) is 0 Å². The van der Waals surface area contributed by atoms with E-state index in [2.05, 4.69) is 15.4 Å². The van der Waals surface area contributed by atoms with E-state index >= 15 is 0 Å². The molecule has 2 aromatic rings. The van der Waals surface area contributed by atoms with Crippen molar-refractivity contribution in [1.29, 1.82) is 0 Å². The number of ether oxygens (including phenoxy) is 1. The van der Waals surface area contributed by atoms with Crippen LogP contribution in [-0.4, -0.2) is 31.4 Å². The fourth-order valence-corrected chi connectivity index (χ4v) is 2.34. The fourth-order valence-electron chi connectivity index (χ4n) is 1.70. The minimum atomic E-state index is -0.484. The lowest BCUT2D eigenvalue weighted by Crippen LogP contribution is -2.32. The van der Waals surface area contributed by atoms with Crippen molar-refractivity contribution < 1.29 is 19.1 Å². The summed E-state index contributed by atoms with van der Waals surface area (Å²) in [6.45, 7) is -0.154. The van der Waals surface area contributed by atoms with Crippen LogP contribution in [0.1, 0.15) is 20.0 Å². The third kappa shape index (κ3) is 4.16. The monoisotopic (exact) mass is 318 g/mol. The van der Waals surface area contributed by atoms with Gasteiger partial charge in [-0.15, -0.1) is 11.3 Å². The number of nitrogens with one attached hydrogen (secondary N) is 2. The average Bonchev–Trinajstić information content (AvgIpc) is 3.06. The van der Waals surface area contributed by atoms with Gasteiger partial charge in [-0.05, 0) is 29.6 Å². The van der Waals surface area contributed by atoms with Gasteiger partial charge >= 0.3 is 5.97 Å². The Kier molecular flexibility index (Phi) is 5.26. The van der Waals surface area contributed by atoms with E-state index < -0.39 is 5.97 Å². The molecule has 0 unspecified atom stereocenters. The van der Waals surface area contributed by atoms with Crippen LogP contribution in [0.4, 0.5) is 5.69 Å². The summed E-state index contributed by atoms with van der Waals surface area (Å²) in [6, 6.07) is 9.80. The lowest BCUT2D eigenvalue weighted by Gasteiger charge is -2.07. The zero-order valence-corrected chi connectivity index (χ0v) is 12.6. The van der Waals surface area contributed by atoms with Gasteiger partial charge in [0, 0.05) is 5.69 Å². The Hall–Kier alpha value is -2.67. The van der Waals surface area contributed by atoms with E-state index in [4.69, 9.17) is 0 Å². The van der Waals surface area contributed by atoms with Gasteiger partial charge in [0.2, 0.25) is 5.91 Å². The Labute approximate surface area is 131 Å². The van der Waals surface area contributed by atoms with Crippen LogP contribution in [0.15, 0.2) is 41.8 Å². The van der Waals surface area contributed by atoms with Gasteiger partial charge < -0.3 is 15.4 Å². The lowest BCUT2D eigenvalue weighted by molar-refractivity contribution is -0.115. The van der Waals surface area contributed by atoms with E-state index in [1.54, 1.807) is 35.7 Å². The Bertz CT molecular complexity index is 683. The molecule has 2 amide bonds. The molecule has 0 saturated heterocycles. The van der Waals surface area contributed by atoms with Gasteiger partial charge in [0.25, 0.3) is 5.91 Å². The van der Waals surface area contributed by atoms with Crippen LogP contribution in [0.2, 0.25) is 0 Å². The zero-order valence-electron chi connectivity index (χ0n) is 11.8. The number of amides is 2. The van der Waals surface area contributed by atoms with Crippen molar-refractivity contribution in [2.45, 2.75) is 0 Å². The number of rotatable bonds is 5. The number of carbonyl (C=O) groups excluding carboxylic acids is 3. The van der Waals surface area contributed by atoms with Crippen LogP contribution >= 0.6 is 11.3 Å². The molecule has 7 heteroatoms. The molecule has 114 valence electrons. The van der Waals surface area contributed by atoms with Crippen molar-refractivity contribution in [2.75, 3.05) is 19.0 Å². The van der Waals surface area contributed by atoms with Crippen LogP contribution in [0.25, 0.3) is 0 Å². The minimum absolute atomic E-state index is 0.154. The van der Waals surface area contributed by atoms with Crippen molar-refractivity contribution in [2.24, 2.45) is 0 Å². The first-order chi connectivity index (χ1) is 10.6. The average molecular weight is 318 g/mol. The van der Waals surface area contributed by atoms with Crippen LogP contribution in [0.5, 0.6) is 0 Å². The quantitative estimate of drug-likeness (QED) is 0.825. The summed E-state index contributed by atoms with van der Waals surface area (Å²) in [6.07, 6.45) is 0. The molecule has 1 aromatic heterocycles. The molecule has 0 aliphatic carbocycles. The summed E-state index contributed by atoms with van der Waals surface area (Å²) in [5, 5.41) is 6.91. The van der Waals surface area contributed by atoms with Gasteiger partial charge in [0.15, 0.2) is 0 Å². The number of anilines is 1. The second kappa shape index (κ2) is 7.37. The van der Waals surface area contributed by atoms with E-state index in [9.17, 15) is 14.4 Å². The van der Waals surface area contributed by atoms with E-state index in [-0.39, 0.29) is 18.4 Å². The summed E-state index contributed by atoms with van der Waals surface area (Å²) < 4.78 is 4.61. The number of benzene rings is 1. The second-order valence-corrected chi connectivity index (χ2v) is 5.23. The molecule has 0 saturated carbocycles. The van der Waals surface area contributed by atoms with Crippen molar-refractivity contribution >= 4 is 34.8 Å². The highest BCUT2D eigenvalue weighted by Gasteiger charge is 2.10. The minimum Gasteiger partial charge on any atom is -0.465 e. The number of carbonyl (C=O) groups is 3. The van der Waals surface area contributed by atoms with Gasteiger partial charge in [0.1, 0.15) is 0 Å². The first-order valence-electron chi connectivity index (χ1n) is 6.40. The molecular weight excluding hydrogens is 304 g/mol. The van der Waals surface area contributed by atoms with E-state index in [1.807, 2.05) is 0 Å². The number of thiophene rings is 1. The number of hydrogen-bond acceptors (Lipinski definition) is 5. The van der Waals surface area contributed by atoms with Gasteiger partial charge in [-0.2, -0.15) is 0 Å². The molecule has 1 aromatic carbocycles. The number of hydrogen-bond donors (Lipinski definition) is 2. The highest BCUT2D eigenvalue weighted by Crippen LogP contribution is 2.11. The molecule has 0 aliphatic rings. The normalized spacial score (nSPS) is 9.86. The van der Waals surface area contributed by atoms with Crippen molar-refractivity contribution in [3.63, 3.8) is 0 Å². The SMILES string of the molecule is COC(=O)c1cccc(NC(=O)CNC(=O)c2cccs2)c1. The van der Waals surface area contributed by atoms with Crippen molar-refractivity contribution in [3.05, 3.63) is 52.2 Å². The second-order valence-electron chi connectivity index (χ2n) is 4.28. The van der Waals surface area contributed by atoms with Crippen molar-refractivity contribution in [1.82, 2.24) is 5.32 Å². The smallest absolute Gasteiger partial charge is 0.337 e. The standard InChI is InChI=1S/C15H14N2O4S/c1-21-15(20)10-4-2-5-11(8-10)17-13(18)9-16-14(19)12-6-3-7-22-12/h2-8H,9H2,1H3,(H,16,19)(H,17,18). The van der Waals surface area contributed by atoms with Crippen LogP contribution in [0, 0.1) is 0 Å². The maximum absolute atomic E-state index is 11.8. The van der Waals surface area contributed by atoms with Crippen LogP contribution < -0.4 is 10.6 Å². The molecule has 0 aliphatic heterocycles. The third-order valence-electron chi connectivity index (χ3n) is 2.72. The molecule has 22 heavy (non-hydrogen) atoms. The summed E-state index contributed by atoms with van der Waals surface area (Å²) in [5.74, 6) is -1.16. The summed E-state index contributed by atoms with van der Waals surface area (Å²) in [4.78, 5) is 35.5. The van der Waals surface area contributed by atoms with Gasteiger partial charge in [0.05, 0.1) is 24.1 Å². The van der Waals surface area contributed by atoms with Crippen LogP contribution in [-0.2, 0) is 9.53 Å². The van der Waals surface area contributed by atoms with Gasteiger partial charge in [-0.1, -0.05) is 12.1 Å². The first kappa shape index (κ1) is 15.7. The maximum Gasteiger partial charge on any atom is 0.337 e. The highest BCUT2D eigenvalue weighted by molar-refractivity contribution is 7.12. The zero-order chi connectivity index (χ0) is 15.9. The molecule has 0 atom stereocenters. The highest BCUT2D eigenvalue weighted by atomic mass is 32.1. The summed E-state index contributed by atoms with van der Waals surface area (Å²) in [7, 11) is 1.29. The van der Waals surface area contributed by atoms with Gasteiger partial charge in [-0.3, -0.25) is 9.59 Å². The predicted molar refractivity (Wildman–Crippen MR) is 83.1 cm³/mol. The van der Waals surface area contributed by atoms with Crippen LogP contribution in [0.3, 0.4) is 0 Å². The molecule has 2 rings (SSSR count). The molecule has 0 radical (unpaired) electrons. The largest absolute Gasteiger partial charge is 0.465 e. The molecule has 6 nitrogen and oxygen atoms in total. The Morgan fingerprint density at radius 3 is 2.68 bits per heavy atom. The Balaban J connectivity index is 1.89. The van der Waals surface area contributed by atoms with E-state index in [0.29, 0.717) is 16.1 Å². The van der Waals surface area contributed by atoms with E-state index in [0.717, 1.165) is 0 Å². The molecular formula is C15H14N2O4S. The first-order valence-corrected chi connectivity index (χ1v) is 7.28. The molecule has 0 fully saturated rings. The Morgan fingerprint density at radius 2 is 2.00 bits per heavy atom. The predicted octanol–water partition coefficient (Wildman–Crippen LogP) is 1.90. The molecule has 1 heterocycles.